The van der Waals surface area contributed by atoms with E-state index in [4.69, 9.17) is 21.1 Å². The fourth-order valence-electron chi connectivity index (χ4n) is 2.28. The fraction of sp³-hybridized carbons (Fsp3) is 0.125. The monoisotopic (exact) mass is 331 g/mol. The molecule has 7 heteroatoms. The SMILES string of the molecule is COc1cc(OC)c(NC(=O)c2n[nH]c3ccccc23)cc1Cl. The van der Waals surface area contributed by atoms with E-state index >= 15 is 0 Å². The van der Waals surface area contributed by atoms with E-state index < -0.39 is 0 Å². The topological polar surface area (TPSA) is 76.2 Å². The van der Waals surface area contributed by atoms with Crippen LogP contribution in [-0.2, 0) is 0 Å². The number of aromatic nitrogens is 2. The molecule has 3 rings (SSSR count). The molecule has 0 aliphatic heterocycles. The Bertz CT molecular complexity index is 876. The zero-order valence-corrected chi connectivity index (χ0v) is 13.3. The molecule has 0 saturated carbocycles. The van der Waals surface area contributed by atoms with Gasteiger partial charge in [0.2, 0.25) is 0 Å². The van der Waals surface area contributed by atoms with Crippen molar-refractivity contribution in [3.63, 3.8) is 0 Å². The molecular formula is C16H14ClN3O3. The molecule has 118 valence electrons. The molecule has 23 heavy (non-hydrogen) atoms. The lowest BCUT2D eigenvalue weighted by atomic mass is 10.2. The molecule has 0 unspecified atom stereocenters. The smallest absolute Gasteiger partial charge is 0.276 e. The molecule has 0 bridgehead atoms. The van der Waals surface area contributed by atoms with Crippen LogP contribution in [0.3, 0.4) is 0 Å². The number of ether oxygens (including phenoxy) is 2. The standard InChI is InChI=1S/C16H14ClN3O3/c1-22-13-8-14(23-2)12(7-10(13)17)18-16(21)15-9-5-3-4-6-11(9)19-20-15/h3-8H,1-2H3,(H,18,21)(H,19,20). The van der Waals surface area contributed by atoms with Crippen molar-refractivity contribution >= 4 is 34.1 Å². The van der Waals surface area contributed by atoms with Crippen LogP contribution in [0.5, 0.6) is 11.5 Å². The van der Waals surface area contributed by atoms with Crippen LogP contribution in [0.4, 0.5) is 5.69 Å². The lowest BCUT2D eigenvalue weighted by molar-refractivity contribution is 0.102. The summed E-state index contributed by atoms with van der Waals surface area (Å²) in [6.45, 7) is 0. The Kier molecular flexibility index (Phi) is 4.08. The van der Waals surface area contributed by atoms with Crippen LogP contribution in [-0.4, -0.2) is 30.3 Å². The first-order valence-corrected chi connectivity index (χ1v) is 7.18. The van der Waals surface area contributed by atoms with Gasteiger partial charge in [-0.15, -0.1) is 0 Å². The first-order chi connectivity index (χ1) is 11.1. The van der Waals surface area contributed by atoms with Crippen molar-refractivity contribution in [2.75, 3.05) is 19.5 Å². The second-order valence-corrected chi connectivity index (χ2v) is 5.17. The number of amides is 1. The van der Waals surface area contributed by atoms with Crippen molar-refractivity contribution in [1.29, 1.82) is 0 Å². The van der Waals surface area contributed by atoms with E-state index in [0.717, 1.165) is 10.9 Å². The number of nitrogens with zero attached hydrogens (tertiary/aromatic N) is 1. The van der Waals surface area contributed by atoms with Crippen molar-refractivity contribution in [2.45, 2.75) is 0 Å². The number of nitrogens with one attached hydrogen (secondary N) is 2. The summed E-state index contributed by atoms with van der Waals surface area (Å²) in [5.74, 6) is 0.549. The number of para-hydroxylation sites is 1. The number of fused-ring (bicyclic) bond motifs is 1. The van der Waals surface area contributed by atoms with Crippen molar-refractivity contribution < 1.29 is 14.3 Å². The Labute approximate surface area is 137 Å². The van der Waals surface area contributed by atoms with Crippen molar-refractivity contribution in [3.05, 3.63) is 47.1 Å². The number of benzene rings is 2. The summed E-state index contributed by atoms with van der Waals surface area (Å²) in [6, 6.07) is 10.6. The number of rotatable bonds is 4. The summed E-state index contributed by atoms with van der Waals surface area (Å²) in [6.07, 6.45) is 0. The molecule has 0 saturated heterocycles. The van der Waals surface area contributed by atoms with E-state index in [1.165, 1.54) is 14.2 Å². The van der Waals surface area contributed by atoms with Crippen molar-refractivity contribution in [2.24, 2.45) is 0 Å². The van der Waals surface area contributed by atoms with Crippen LogP contribution in [0.25, 0.3) is 10.9 Å². The highest BCUT2D eigenvalue weighted by Crippen LogP contribution is 2.36. The molecular weight excluding hydrogens is 318 g/mol. The number of carbonyl (C=O) groups excluding carboxylic acids is 1. The second kappa shape index (κ2) is 6.18. The van der Waals surface area contributed by atoms with Gasteiger partial charge in [-0.05, 0) is 12.1 Å². The summed E-state index contributed by atoms with van der Waals surface area (Å²) in [4.78, 5) is 12.5. The summed E-state index contributed by atoms with van der Waals surface area (Å²) >= 11 is 6.11. The molecule has 0 fully saturated rings. The maximum Gasteiger partial charge on any atom is 0.276 e. The normalized spacial score (nSPS) is 10.6. The first kappa shape index (κ1) is 15.2. The number of halogens is 1. The number of H-pyrrole nitrogens is 1. The molecule has 1 aromatic heterocycles. The third-order valence-electron chi connectivity index (χ3n) is 3.41. The summed E-state index contributed by atoms with van der Waals surface area (Å²) in [5, 5.41) is 10.8. The average molecular weight is 332 g/mol. The zero-order chi connectivity index (χ0) is 16.4. The minimum Gasteiger partial charge on any atom is -0.495 e. The third-order valence-corrected chi connectivity index (χ3v) is 3.70. The quantitative estimate of drug-likeness (QED) is 0.767. The Hall–Kier alpha value is -2.73. The van der Waals surface area contributed by atoms with E-state index in [2.05, 4.69) is 15.5 Å². The Morgan fingerprint density at radius 1 is 1.17 bits per heavy atom. The van der Waals surface area contributed by atoms with Gasteiger partial charge in [-0.1, -0.05) is 29.8 Å². The molecule has 0 aliphatic carbocycles. The number of carbonyl (C=O) groups is 1. The molecule has 3 aromatic rings. The number of hydrogen-bond acceptors (Lipinski definition) is 4. The van der Waals surface area contributed by atoms with Crippen LogP contribution in [0.2, 0.25) is 5.02 Å². The number of hydrogen-bond donors (Lipinski definition) is 2. The molecule has 2 aromatic carbocycles. The maximum atomic E-state index is 12.5. The molecule has 0 radical (unpaired) electrons. The summed E-state index contributed by atoms with van der Waals surface area (Å²) < 4.78 is 10.4. The van der Waals surface area contributed by atoms with Gasteiger partial charge in [-0.2, -0.15) is 5.10 Å². The second-order valence-electron chi connectivity index (χ2n) is 4.76. The van der Waals surface area contributed by atoms with E-state index in [1.807, 2.05) is 24.3 Å². The summed E-state index contributed by atoms with van der Waals surface area (Å²) in [5.41, 5.74) is 1.53. The van der Waals surface area contributed by atoms with E-state index in [9.17, 15) is 4.79 Å². The van der Waals surface area contributed by atoms with E-state index in [-0.39, 0.29) is 5.91 Å². The van der Waals surface area contributed by atoms with Crippen LogP contribution in [0.1, 0.15) is 10.5 Å². The molecule has 0 atom stereocenters. The van der Waals surface area contributed by atoms with Crippen molar-refractivity contribution in [1.82, 2.24) is 10.2 Å². The molecule has 0 aliphatic rings. The minimum absolute atomic E-state index is 0.301. The molecule has 1 heterocycles. The highest BCUT2D eigenvalue weighted by molar-refractivity contribution is 6.32. The lowest BCUT2D eigenvalue weighted by Gasteiger charge is -2.12. The van der Waals surface area contributed by atoms with Gasteiger partial charge in [0.15, 0.2) is 5.69 Å². The zero-order valence-electron chi connectivity index (χ0n) is 12.5. The van der Waals surface area contributed by atoms with Gasteiger partial charge in [-0.3, -0.25) is 9.89 Å². The maximum absolute atomic E-state index is 12.5. The Morgan fingerprint density at radius 2 is 1.91 bits per heavy atom. The minimum atomic E-state index is -0.359. The molecule has 0 spiro atoms. The van der Waals surface area contributed by atoms with Gasteiger partial charge < -0.3 is 14.8 Å². The Balaban J connectivity index is 1.95. The van der Waals surface area contributed by atoms with Crippen LogP contribution >= 0.6 is 11.6 Å². The lowest BCUT2D eigenvalue weighted by Crippen LogP contribution is -2.13. The number of methoxy groups -OCH3 is 2. The third kappa shape index (κ3) is 2.80. The van der Waals surface area contributed by atoms with Gasteiger partial charge in [0.1, 0.15) is 11.5 Å². The van der Waals surface area contributed by atoms with Crippen LogP contribution in [0, 0.1) is 0 Å². The summed E-state index contributed by atoms with van der Waals surface area (Å²) in [7, 11) is 3.01. The number of aromatic amines is 1. The first-order valence-electron chi connectivity index (χ1n) is 6.80. The highest BCUT2D eigenvalue weighted by Gasteiger charge is 2.17. The predicted octanol–water partition coefficient (Wildman–Crippen LogP) is 3.49. The van der Waals surface area contributed by atoms with Crippen LogP contribution in [0.15, 0.2) is 36.4 Å². The number of anilines is 1. The highest BCUT2D eigenvalue weighted by atomic mass is 35.5. The molecule has 2 N–H and O–H groups in total. The van der Waals surface area contributed by atoms with Crippen LogP contribution < -0.4 is 14.8 Å². The van der Waals surface area contributed by atoms with Gasteiger partial charge in [0, 0.05) is 11.5 Å². The van der Waals surface area contributed by atoms with Gasteiger partial charge in [0.25, 0.3) is 5.91 Å². The predicted molar refractivity (Wildman–Crippen MR) is 88.6 cm³/mol. The molecule has 6 nitrogen and oxygen atoms in total. The van der Waals surface area contributed by atoms with Gasteiger partial charge >= 0.3 is 0 Å². The average Bonchev–Trinajstić information content (AvgIpc) is 2.99. The van der Waals surface area contributed by atoms with E-state index in [1.54, 1.807) is 12.1 Å². The van der Waals surface area contributed by atoms with Gasteiger partial charge in [-0.25, -0.2) is 0 Å². The fourth-order valence-corrected chi connectivity index (χ4v) is 2.52. The van der Waals surface area contributed by atoms with E-state index in [0.29, 0.717) is 27.9 Å². The Morgan fingerprint density at radius 3 is 2.65 bits per heavy atom. The molecule has 1 amide bonds. The largest absolute Gasteiger partial charge is 0.495 e. The van der Waals surface area contributed by atoms with Gasteiger partial charge in [0.05, 0.1) is 30.4 Å². The van der Waals surface area contributed by atoms with Crippen molar-refractivity contribution in [3.8, 4) is 11.5 Å².